The average molecular weight is 470 g/mol. The molecule has 4 heterocycles. The third-order valence-electron chi connectivity index (χ3n) is 6.26. The molecule has 2 aromatic heterocycles. The Morgan fingerprint density at radius 3 is 2.56 bits per heavy atom. The number of nitrogens with two attached hydrogens (primary N) is 1. The molecule has 2 fully saturated rings. The molecule has 0 amide bonds. The molecule has 0 bridgehead atoms. The number of hydrogen-bond donors (Lipinski definition) is 3. The Hall–Kier alpha value is -3.51. The van der Waals surface area contributed by atoms with E-state index >= 15 is 0 Å². The number of aromatic nitrogens is 5. The molecule has 2 aliphatic heterocycles. The van der Waals surface area contributed by atoms with Crippen LogP contribution in [-0.2, 0) is 4.74 Å². The van der Waals surface area contributed by atoms with Gasteiger partial charge in [0.25, 0.3) is 0 Å². The Balaban J connectivity index is 1.31. The first-order valence-electron chi connectivity index (χ1n) is 11.4. The van der Waals surface area contributed by atoms with Gasteiger partial charge in [0.1, 0.15) is 18.0 Å². The van der Waals surface area contributed by atoms with Crippen LogP contribution >= 0.6 is 0 Å². The number of aliphatic hydroxyl groups is 1. The Morgan fingerprint density at radius 2 is 1.82 bits per heavy atom. The molecule has 0 unspecified atom stereocenters. The predicted molar refractivity (Wildman–Crippen MR) is 126 cm³/mol. The number of benzene rings is 1. The lowest BCUT2D eigenvalue weighted by Gasteiger charge is -2.31. The lowest BCUT2D eigenvalue weighted by molar-refractivity contribution is 0.122. The Morgan fingerprint density at radius 1 is 1.06 bits per heavy atom. The van der Waals surface area contributed by atoms with Crippen molar-refractivity contribution in [2.24, 2.45) is 5.92 Å². The molecule has 5 rings (SSSR count). The van der Waals surface area contributed by atoms with E-state index in [4.69, 9.17) is 10.5 Å². The summed E-state index contributed by atoms with van der Waals surface area (Å²) in [5.41, 5.74) is 7.15. The van der Waals surface area contributed by atoms with Gasteiger partial charge in [-0.05, 0) is 37.0 Å². The molecule has 0 radical (unpaired) electrons. The van der Waals surface area contributed by atoms with E-state index in [0.717, 1.165) is 50.5 Å². The van der Waals surface area contributed by atoms with Crippen LogP contribution in [-0.4, -0.2) is 75.8 Å². The molecule has 0 saturated carbocycles. The predicted octanol–water partition coefficient (Wildman–Crippen LogP) is 1.57. The van der Waals surface area contributed by atoms with Crippen LogP contribution in [0.15, 0.2) is 30.6 Å². The monoisotopic (exact) mass is 469 g/mol. The summed E-state index contributed by atoms with van der Waals surface area (Å²) in [6, 6.07) is 6.81. The maximum Gasteiger partial charge on any atom is 0.248 e. The zero-order valence-corrected chi connectivity index (χ0v) is 18.8. The van der Waals surface area contributed by atoms with Crippen LogP contribution in [0.2, 0.25) is 0 Å². The molecule has 11 nitrogen and oxygen atoms in total. The molecule has 0 aliphatic carbocycles. The maximum atomic E-state index is 14.8. The highest BCUT2D eigenvalue weighted by Crippen LogP contribution is 2.26. The number of morpholine rings is 1. The molecule has 3 aromatic rings. The van der Waals surface area contributed by atoms with Gasteiger partial charge in [-0.3, -0.25) is 0 Å². The zero-order valence-electron chi connectivity index (χ0n) is 18.8. The Bertz CT molecular complexity index is 1130. The van der Waals surface area contributed by atoms with E-state index in [0.29, 0.717) is 24.9 Å². The molecule has 12 heteroatoms. The fourth-order valence-electron chi connectivity index (χ4n) is 4.26. The zero-order chi connectivity index (χ0) is 23.5. The van der Waals surface area contributed by atoms with Crippen LogP contribution in [0, 0.1) is 11.7 Å². The highest BCUT2D eigenvalue weighted by atomic mass is 19.1. The smallest absolute Gasteiger partial charge is 0.248 e. The van der Waals surface area contributed by atoms with Gasteiger partial charge in [0, 0.05) is 44.5 Å². The summed E-state index contributed by atoms with van der Waals surface area (Å²) in [5, 5.41) is 16.6. The number of nitrogens with one attached hydrogen (secondary N) is 1. The van der Waals surface area contributed by atoms with Crippen molar-refractivity contribution in [1.82, 2.24) is 24.7 Å². The van der Waals surface area contributed by atoms with Gasteiger partial charge < -0.3 is 30.7 Å². The summed E-state index contributed by atoms with van der Waals surface area (Å²) in [6.45, 7) is 4.55. The van der Waals surface area contributed by atoms with Crippen LogP contribution in [0.4, 0.5) is 33.5 Å². The second-order valence-corrected chi connectivity index (χ2v) is 8.44. The van der Waals surface area contributed by atoms with E-state index in [1.807, 2.05) is 6.07 Å². The molecular formula is C22H28FN9O2. The first kappa shape index (κ1) is 22.3. The van der Waals surface area contributed by atoms with Crippen LogP contribution in [0.5, 0.6) is 0 Å². The first-order valence-corrected chi connectivity index (χ1v) is 11.4. The van der Waals surface area contributed by atoms with Crippen LogP contribution < -0.4 is 20.9 Å². The third kappa shape index (κ3) is 4.73. The molecule has 2 saturated heterocycles. The normalized spacial score (nSPS) is 17.2. The highest BCUT2D eigenvalue weighted by Gasteiger charge is 2.21. The number of rotatable bonds is 6. The standard InChI is InChI=1S/C22H28FN9O2/c23-17-11-16(30-7-9-34-10-8-30)1-2-18(17)27-22-28-21(24)32(29-22)20-12-19(25-14-26-20)31-5-3-15(13-33)4-6-31/h1-2,11-12,14-15,33H,3-10,13H2,(H3,24,27,28,29). The number of hydrogen-bond acceptors (Lipinski definition) is 10. The topological polar surface area (TPSA) is 130 Å². The molecule has 0 spiro atoms. The summed E-state index contributed by atoms with van der Waals surface area (Å²) >= 11 is 0. The fourth-order valence-corrected chi connectivity index (χ4v) is 4.26. The Labute approximate surface area is 196 Å². The van der Waals surface area contributed by atoms with Crippen LogP contribution in [0.25, 0.3) is 5.82 Å². The van der Waals surface area contributed by atoms with E-state index in [1.165, 1.54) is 17.1 Å². The minimum absolute atomic E-state index is 0.122. The first-order chi connectivity index (χ1) is 16.6. The van der Waals surface area contributed by atoms with Gasteiger partial charge in [0.05, 0.1) is 18.9 Å². The van der Waals surface area contributed by atoms with Crippen LogP contribution in [0.3, 0.4) is 0 Å². The van der Waals surface area contributed by atoms with Crippen molar-refractivity contribution in [2.45, 2.75) is 12.8 Å². The van der Waals surface area contributed by atoms with Crippen LogP contribution in [0.1, 0.15) is 12.8 Å². The van der Waals surface area contributed by atoms with E-state index in [-0.39, 0.29) is 24.2 Å². The Kier molecular flexibility index (Phi) is 6.41. The van der Waals surface area contributed by atoms with Gasteiger partial charge in [0.15, 0.2) is 5.82 Å². The number of anilines is 5. The fraction of sp³-hybridized carbons (Fsp3) is 0.455. The highest BCUT2D eigenvalue weighted by molar-refractivity contribution is 5.61. The number of ether oxygens (including phenoxy) is 1. The summed E-state index contributed by atoms with van der Waals surface area (Å²) in [4.78, 5) is 17.1. The number of nitrogen functional groups attached to an aromatic ring is 1. The van der Waals surface area contributed by atoms with Crippen molar-refractivity contribution in [3.63, 3.8) is 0 Å². The second-order valence-electron chi connectivity index (χ2n) is 8.44. The number of aliphatic hydroxyl groups excluding tert-OH is 1. The van der Waals surface area contributed by atoms with Crippen molar-refractivity contribution >= 4 is 29.1 Å². The van der Waals surface area contributed by atoms with Crippen molar-refractivity contribution < 1.29 is 14.2 Å². The minimum Gasteiger partial charge on any atom is -0.396 e. The second kappa shape index (κ2) is 9.77. The van der Waals surface area contributed by atoms with E-state index in [9.17, 15) is 9.50 Å². The van der Waals surface area contributed by atoms with Gasteiger partial charge in [-0.2, -0.15) is 9.67 Å². The molecule has 2 aliphatic rings. The van der Waals surface area contributed by atoms with Gasteiger partial charge in [0.2, 0.25) is 11.9 Å². The lowest BCUT2D eigenvalue weighted by atomic mass is 9.98. The van der Waals surface area contributed by atoms with Crippen molar-refractivity contribution in [3.05, 3.63) is 36.4 Å². The molecule has 1 aromatic carbocycles. The van der Waals surface area contributed by atoms with Crippen molar-refractivity contribution in [1.29, 1.82) is 0 Å². The number of halogens is 1. The number of piperidine rings is 1. The van der Waals surface area contributed by atoms with Gasteiger partial charge in [-0.25, -0.2) is 14.4 Å². The van der Waals surface area contributed by atoms with E-state index < -0.39 is 5.82 Å². The summed E-state index contributed by atoms with van der Waals surface area (Å²) in [5.74, 6) is 1.44. The van der Waals surface area contributed by atoms with E-state index in [2.05, 4.69) is 35.2 Å². The average Bonchev–Trinajstić information content (AvgIpc) is 3.26. The SMILES string of the molecule is Nc1nc(Nc2ccc(N3CCOCC3)cc2F)nn1-c1cc(N2CCC(CO)CC2)ncn1. The summed E-state index contributed by atoms with van der Waals surface area (Å²) < 4.78 is 21.5. The molecule has 34 heavy (non-hydrogen) atoms. The van der Waals surface area contributed by atoms with Gasteiger partial charge in [-0.1, -0.05) is 0 Å². The van der Waals surface area contributed by atoms with Gasteiger partial charge in [-0.15, -0.1) is 5.10 Å². The molecular weight excluding hydrogens is 441 g/mol. The quantitative estimate of drug-likeness (QED) is 0.489. The van der Waals surface area contributed by atoms with Crippen molar-refractivity contribution in [3.8, 4) is 5.82 Å². The summed E-state index contributed by atoms with van der Waals surface area (Å²) in [7, 11) is 0. The third-order valence-corrected chi connectivity index (χ3v) is 6.26. The minimum atomic E-state index is -0.408. The molecule has 0 atom stereocenters. The summed E-state index contributed by atoms with van der Waals surface area (Å²) in [6.07, 6.45) is 3.28. The van der Waals surface area contributed by atoms with E-state index in [1.54, 1.807) is 12.1 Å². The molecule has 4 N–H and O–H groups in total. The van der Waals surface area contributed by atoms with Gasteiger partial charge >= 0.3 is 0 Å². The number of nitrogens with zero attached hydrogens (tertiary/aromatic N) is 7. The molecule has 180 valence electrons. The van der Waals surface area contributed by atoms with Crippen molar-refractivity contribution in [2.75, 3.05) is 66.8 Å². The largest absolute Gasteiger partial charge is 0.396 e. The maximum absolute atomic E-state index is 14.8. The lowest BCUT2D eigenvalue weighted by Crippen LogP contribution is -2.36.